The SMILES string of the molecule is CCCS(=O)(=O)Nc1ccccc1-c1ncc2n1CCCC2. The average Bonchev–Trinajstić information content (AvgIpc) is 2.91. The average molecular weight is 319 g/mol. The van der Waals surface area contributed by atoms with E-state index in [-0.39, 0.29) is 5.75 Å². The van der Waals surface area contributed by atoms with E-state index < -0.39 is 10.0 Å². The van der Waals surface area contributed by atoms with Gasteiger partial charge in [-0.2, -0.15) is 0 Å². The standard InChI is InChI=1S/C16H21N3O2S/c1-2-11-22(20,21)18-15-9-4-3-8-14(15)16-17-12-13-7-5-6-10-19(13)16/h3-4,8-9,12,18H,2,5-7,10-11H2,1H3. The number of sulfonamides is 1. The van der Waals surface area contributed by atoms with Gasteiger partial charge >= 0.3 is 0 Å². The molecule has 0 aliphatic carbocycles. The number of para-hydroxylation sites is 1. The molecular weight excluding hydrogens is 298 g/mol. The summed E-state index contributed by atoms with van der Waals surface area (Å²) in [7, 11) is -3.31. The number of aryl methyl sites for hydroxylation is 1. The number of imidazole rings is 1. The van der Waals surface area contributed by atoms with Gasteiger partial charge < -0.3 is 4.57 Å². The fourth-order valence-electron chi connectivity index (χ4n) is 2.91. The van der Waals surface area contributed by atoms with Gasteiger partial charge in [0.15, 0.2) is 0 Å². The van der Waals surface area contributed by atoms with E-state index in [0.717, 1.165) is 30.8 Å². The maximum atomic E-state index is 12.1. The molecule has 6 heteroatoms. The molecule has 1 aliphatic rings. The van der Waals surface area contributed by atoms with Crippen molar-refractivity contribution in [1.29, 1.82) is 0 Å². The van der Waals surface area contributed by atoms with Crippen LogP contribution in [0.2, 0.25) is 0 Å². The van der Waals surface area contributed by atoms with Crippen LogP contribution in [0.15, 0.2) is 30.5 Å². The van der Waals surface area contributed by atoms with E-state index in [2.05, 4.69) is 14.3 Å². The summed E-state index contributed by atoms with van der Waals surface area (Å²) in [5.41, 5.74) is 2.68. The molecule has 118 valence electrons. The van der Waals surface area contributed by atoms with Gasteiger partial charge in [0.1, 0.15) is 5.82 Å². The molecule has 5 nitrogen and oxygen atoms in total. The third-order valence-electron chi connectivity index (χ3n) is 3.91. The van der Waals surface area contributed by atoms with Crippen molar-refractivity contribution in [2.45, 2.75) is 39.2 Å². The van der Waals surface area contributed by atoms with Gasteiger partial charge in [-0.15, -0.1) is 0 Å². The summed E-state index contributed by atoms with van der Waals surface area (Å²) in [5.74, 6) is 0.977. The minimum atomic E-state index is -3.31. The molecule has 3 rings (SSSR count). The topological polar surface area (TPSA) is 64.0 Å². The molecule has 0 radical (unpaired) electrons. The Morgan fingerprint density at radius 1 is 1.27 bits per heavy atom. The lowest BCUT2D eigenvalue weighted by Crippen LogP contribution is -2.17. The zero-order valence-corrected chi connectivity index (χ0v) is 13.6. The third-order valence-corrected chi connectivity index (χ3v) is 5.39. The molecule has 0 fully saturated rings. The molecule has 1 N–H and O–H groups in total. The van der Waals surface area contributed by atoms with Gasteiger partial charge in [-0.25, -0.2) is 13.4 Å². The number of anilines is 1. The van der Waals surface area contributed by atoms with Gasteiger partial charge in [0.25, 0.3) is 0 Å². The summed E-state index contributed by atoms with van der Waals surface area (Å²) in [6.45, 7) is 2.80. The van der Waals surface area contributed by atoms with Crippen LogP contribution in [0.3, 0.4) is 0 Å². The number of nitrogens with one attached hydrogen (secondary N) is 1. The van der Waals surface area contributed by atoms with E-state index in [0.29, 0.717) is 12.1 Å². The zero-order chi connectivity index (χ0) is 15.6. The van der Waals surface area contributed by atoms with E-state index in [1.54, 1.807) is 6.07 Å². The predicted octanol–water partition coefficient (Wildman–Crippen LogP) is 3.04. The zero-order valence-electron chi connectivity index (χ0n) is 12.7. The second-order valence-electron chi connectivity index (χ2n) is 5.65. The molecule has 0 atom stereocenters. The summed E-state index contributed by atoms with van der Waals surface area (Å²) < 4.78 is 29.1. The van der Waals surface area contributed by atoms with E-state index in [9.17, 15) is 8.42 Å². The van der Waals surface area contributed by atoms with Crippen molar-refractivity contribution in [3.05, 3.63) is 36.2 Å². The summed E-state index contributed by atoms with van der Waals surface area (Å²) >= 11 is 0. The Bertz CT molecular complexity index is 765. The second-order valence-corrected chi connectivity index (χ2v) is 7.49. The Balaban J connectivity index is 2.00. The summed E-state index contributed by atoms with van der Waals surface area (Å²) in [4.78, 5) is 4.53. The largest absolute Gasteiger partial charge is 0.328 e. The highest BCUT2D eigenvalue weighted by Gasteiger charge is 2.19. The lowest BCUT2D eigenvalue weighted by Gasteiger charge is -2.18. The fourth-order valence-corrected chi connectivity index (χ4v) is 4.06. The number of hydrogen-bond donors (Lipinski definition) is 1. The number of rotatable bonds is 5. The maximum Gasteiger partial charge on any atom is 0.232 e. The molecule has 0 unspecified atom stereocenters. The Kier molecular flexibility index (Phi) is 4.20. The molecule has 0 spiro atoms. The third kappa shape index (κ3) is 3.02. The van der Waals surface area contributed by atoms with Gasteiger partial charge in [0.2, 0.25) is 10.0 Å². The van der Waals surface area contributed by atoms with Gasteiger partial charge in [-0.05, 0) is 37.8 Å². The minimum absolute atomic E-state index is 0.126. The van der Waals surface area contributed by atoms with E-state index in [4.69, 9.17) is 0 Å². The van der Waals surface area contributed by atoms with E-state index in [1.807, 2.05) is 31.3 Å². The smallest absolute Gasteiger partial charge is 0.232 e. The minimum Gasteiger partial charge on any atom is -0.328 e. The van der Waals surface area contributed by atoms with Crippen molar-refractivity contribution in [3.8, 4) is 11.4 Å². The van der Waals surface area contributed by atoms with Gasteiger partial charge in [0, 0.05) is 24.0 Å². The molecule has 1 aromatic heterocycles. The Hall–Kier alpha value is -1.82. The highest BCUT2D eigenvalue weighted by atomic mass is 32.2. The normalized spacial score (nSPS) is 14.6. The summed E-state index contributed by atoms with van der Waals surface area (Å²) in [5, 5.41) is 0. The highest BCUT2D eigenvalue weighted by molar-refractivity contribution is 7.92. The first kappa shape index (κ1) is 15.1. The van der Waals surface area contributed by atoms with Crippen LogP contribution in [0.4, 0.5) is 5.69 Å². The highest BCUT2D eigenvalue weighted by Crippen LogP contribution is 2.30. The maximum absolute atomic E-state index is 12.1. The van der Waals surface area contributed by atoms with Crippen LogP contribution in [-0.4, -0.2) is 23.7 Å². The predicted molar refractivity (Wildman–Crippen MR) is 88.3 cm³/mol. The van der Waals surface area contributed by atoms with Gasteiger partial charge in [-0.1, -0.05) is 19.1 Å². The number of aromatic nitrogens is 2. The van der Waals surface area contributed by atoms with Crippen molar-refractivity contribution in [2.24, 2.45) is 0 Å². The van der Waals surface area contributed by atoms with Gasteiger partial charge in [0.05, 0.1) is 11.4 Å². The van der Waals surface area contributed by atoms with Crippen molar-refractivity contribution in [1.82, 2.24) is 9.55 Å². The van der Waals surface area contributed by atoms with Crippen LogP contribution in [0, 0.1) is 0 Å². The summed E-state index contributed by atoms with van der Waals surface area (Å²) in [6.07, 6.45) is 5.87. The van der Waals surface area contributed by atoms with Crippen molar-refractivity contribution >= 4 is 15.7 Å². The first-order valence-electron chi connectivity index (χ1n) is 7.75. The lowest BCUT2D eigenvalue weighted by molar-refractivity contribution is 0.536. The van der Waals surface area contributed by atoms with Crippen molar-refractivity contribution in [3.63, 3.8) is 0 Å². The van der Waals surface area contributed by atoms with Gasteiger partial charge in [-0.3, -0.25) is 4.72 Å². The van der Waals surface area contributed by atoms with Crippen LogP contribution in [0.5, 0.6) is 0 Å². The molecule has 2 heterocycles. The van der Waals surface area contributed by atoms with E-state index in [1.165, 1.54) is 12.1 Å². The first-order valence-corrected chi connectivity index (χ1v) is 9.40. The molecule has 0 bridgehead atoms. The number of fused-ring (bicyclic) bond motifs is 1. The lowest BCUT2D eigenvalue weighted by atomic mass is 10.1. The van der Waals surface area contributed by atoms with Crippen LogP contribution < -0.4 is 4.72 Å². The van der Waals surface area contributed by atoms with E-state index >= 15 is 0 Å². The van der Waals surface area contributed by atoms with Crippen LogP contribution in [-0.2, 0) is 23.0 Å². The fraction of sp³-hybridized carbons (Fsp3) is 0.438. The molecule has 0 amide bonds. The first-order chi connectivity index (χ1) is 10.6. The van der Waals surface area contributed by atoms with Crippen molar-refractivity contribution < 1.29 is 8.42 Å². The summed E-state index contributed by atoms with van der Waals surface area (Å²) in [6, 6.07) is 7.48. The Morgan fingerprint density at radius 3 is 2.91 bits per heavy atom. The van der Waals surface area contributed by atoms with Crippen LogP contribution in [0.25, 0.3) is 11.4 Å². The second kappa shape index (κ2) is 6.12. The Labute approximate surface area is 131 Å². The van der Waals surface area contributed by atoms with Crippen molar-refractivity contribution in [2.75, 3.05) is 10.5 Å². The Morgan fingerprint density at radius 2 is 2.09 bits per heavy atom. The quantitative estimate of drug-likeness (QED) is 0.921. The van der Waals surface area contributed by atoms with Crippen LogP contribution in [0.1, 0.15) is 31.9 Å². The van der Waals surface area contributed by atoms with Crippen LogP contribution >= 0.6 is 0 Å². The molecule has 0 saturated heterocycles. The number of hydrogen-bond acceptors (Lipinski definition) is 3. The number of benzene rings is 1. The molecule has 1 aromatic carbocycles. The monoisotopic (exact) mass is 319 g/mol. The molecule has 2 aromatic rings. The number of nitrogens with zero attached hydrogens (tertiary/aromatic N) is 2. The molecule has 22 heavy (non-hydrogen) atoms. The molecular formula is C16H21N3O2S. The molecule has 0 saturated carbocycles. The molecule has 1 aliphatic heterocycles.